The Labute approximate surface area is 129 Å². The largest absolute Gasteiger partial charge is 0.356 e. The minimum Gasteiger partial charge on any atom is -0.356 e. The normalized spacial score (nSPS) is 10.4. The lowest BCUT2D eigenvalue weighted by molar-refractivity contribution is 0.759. The molecule has 0 saturated carbocycles. The Kier molecular flexibility index (Phi) is 4.05. The first-order chi connectivity index (χ1) is 10.7. The van der Waals surface area contributed by atoms with E-state index >= 15 is 0 Å². The van der Waals surface area contributed by atoms with Crippen LogP contribution in [0.3, 0.4) is 0 Å². The van der Waals surface area contributed by atoms with Crippen molar-refractivity contribution >= 4 is 11.4 Å². The maximum absolute atomic E-state index is 11.7. The summed E-state index contributed by atoms with van der Waals surface area (Å²) in [5.41, 5.74) is 4.46. The minimum absolute atomic E-state index is 0.0180. The molecule has 0 unspecified atom stereocenters. The number of nitrogens with one attached hydrogen (secondary N) is 1. The molecule has 0 aliphatic heterocycles. The van der Waals surface area contributed by atoms with E-state index in [0.717, 1.165) is 16.9 Å². The molecule has 2 aromatic carbocycles. The third-order valence-corrected chi connectivity index (χ3v) is 3.51. The molecule has 0 radical (unpaired) electrons. The Hall–Kier alpha value is -2.81. The molecule has 0 bridgehead atoms. The molecule has 1 heterocycles. The van der Waals surface area contributed by atoms with Crippen LogP contribution in [0.15, 0.2) is 77.7 Å². The molecule has 0 amide bonds. The van der Waals surface area contributed by atoms with Crippen LogP contribution in [0.1, 0.15) is 11.1 Å². The topological polar surface area (TPSA) is 34.0 Å². The quantitative estimate of drug-likeness (QED) is 0.789. The second-order valence-corrected chi connectivity index (χ2v) is 5.36. The van der Waals surface area contributed by atoms with Crippen molar-refractivity contribution in [3.63, 3.8) is 0 Å². The number of benzene rings is 2. The summed E-state index contributed by atoms with van der Waals surface area (Å²) in [5.74, 6) is 0. The van der Waals surface area contributed by atoms with Crippen molar-refractivity contribution in [1.29, 1.82) is 0 Å². The number of nitrogens with zero attached hydrogens (tertiary/aromatic N) is 1. The summed E-state index contributed by atoms with van der Waals surface area (Å²) in [7, 11) is 0. The molecular formula is C19H18N2O. The van der Waals surface area contributed by atoms with Crippen LogP contribution in [0, 0.1) is 6.92 Å². The van der Waals surface area contributed by atoms with Gasteiger partial charge < -0.3 is 9.88 Å². The van der Waals surface area contributed by atoms with Crippen LogP contribution in [0.4, 0.5) is 11.4 Å². The lowest BCUT2D eigenvalue weighted by Gasteiger charge is -2.09. The van der Waals surface area contributed by atoms with Gasteiger partial charge in [-0.15, -0.1) is 0 Å². The summed E-state index contributed by atoms with van der Waals surface area (Å²) in [6, 6.07) is 21.6. The van der Waals surface area contributed by atoms with E-state index in [-0.39, 0.29) is 5.56 Å². The monoisotopic (exact) mass is 290 g/mol. The molecule has 22 heavy (non-hydrogen) atoms. The summed E-state index contributed by atoms with van der Waals surface area (Å²) in [6.45, 7) is 2.66. The van der Waals surface area contributed by atoms with E-state index in [2.05, 4.69) is 24.4 Å². The van der Waals surface area contributed by atoms with E-state index in [0.29, 0.717) is 6.54 Å². The van der Waals surface area contributed by atoms with Crippen molar-refractivity contribution < 1.29 is 0 Å². The first-order valence-electron chi connectivity index (χ1n) is 7.29. The highest BCUT2D eigenvalue weighted by Crippen LogP contribution is 2.18. The second-order valence-electron chi connectivity index (χ2n) is 5.36. The molecule has 1 aromatic heterocycles. The van der Waals surface area contributed by atoms with Crippen LogP contribution in [-0.4, -0.2) is 4.57 Å². The number of aryl methyl sites for hydroxylation is 1. The maximum Gasteiger partial charge on any atom is 0.250 e. The zero-order valence-corrected chi connectivity index (χ0v) is 12.5. The first kappa shape index (κ1) is 14.1. The molecule has 3 nitrogen and oxygen atoms in total. The van der Waals surface area contributed by atoms with Gasteiger partial charge in [0.1, 0.15) is 0 Å². The zero-order chi connectivity index (χ0) is 15.4. The number of pyridine rings is 1. The zero-order valence-electron chi connectivity index (χ0n) is 12.5. The smallest absolute Gasteiger partial charge is 0.250 e. The molecule has 0 fully saturated rings. The van der Waals surface area contributed by atoms with Gasteiger partial charge in [0, 0.05) is 23.6 Å². The van der Waals surface area contributed by atoms with Crippen LogP contribution in [0.2, 0.25) is 0 Å². The van der Waals surface area contributed by atoms with Gasteiger partial charge in [-0.25, -0.2) is 0 Å². The molecule has 110 valence electrons. The summed E-state index contributed by atoms with van der Waals surface area (Å²) in [6.07, 6.45) is 1.81. The van der Waals surface area contributed by atoms with Crippen molar-refractivity contribution in [2.24, 2.45) is 0 Å². The first-order valence-corrected chi connectivity index (χ1v) is 7.29. The fourth-order valence-electron chi connectivity index (χ4n) is 2.37. The predicted molar refractivity (Wildman–Crippen MR) is 90.7 cm³/mol. The maximum atomic E-state index is 11.7. The molecule has 3 rings (SSSR count). The van der Waals surface area contributed by atoms with Crippen molar-refractivity contribution in [2.75, 3.05) is 5.32 Å². The molecule has 0 saturated heterocycles. The lowest BCUT2D eigenvalue weighted by atomic mass is 10.2. The van der Waals surface area contributed by atoms with Crippen LogP contribution in [0.25, 0.3) is 0 Å². The number of aromatic nitrogens is 1. The predicted octanol–water partition coefficient (Wildman–Crippen LogP) is 3.95. The Bertz CT molecular complexity index is 819. The highest BCUT2D eigenvalue weighted by molar-refractivity contribution is 5.60. The average molecular weight is 290 g/mol. The molecule has 3 heteroatoms. The van der Waals surface area contributed by atoms with Crippen molar-refractivity contribution in [3.8, 4) is 0 Å². The van der Waals surface area contributed by atoms with E-state index in [1.54, 1.807) is 22.9 Å². The van der Waals surface area contributed by atoms with Gasteiger partial charge in [-0.05, 0) is 48.4 Å². The second kappa shape index (κ2) is 6.31. The van der Waals surface area contributed by atoms with Gasteiger partial charge >= 0.3 is 0 Å². The number of rotatable bonds is 4. The van der Waals surface area contributed by atoms with Gasteiger partial charge in [-0.1, -0.05) is 30.3 Å². The van der Waals surface area contributed by atoms with Gasteiger partial charge in [-0.2, -0.15) is 0 Å². The van der Waals surface area contributed by atoms with Gasteiger partial charge in [0.05, 0.1) is 6.54 Å². The number of hydrogen-bond donors (Lipinski definition) is 1. The standard InChI is InChI=1S/C19H18N2O/c1-15-5-4-6-18(13-15)20-17-10-8-16(9-11-17)14-21-12-3-2-7-19(21)22/h2-13,20H,14H2,1H3. The molecule has 1 N–H and O–H groups in total. The molecule has 0 atom stereocenters. The number of anilines is 2. The molecule has 0 aliphatic rings. The van der Waals surface area contributed by atoms with E-state index in [4.69, 9.17) is 0 Å². The highest BCUT2D eigenvalue weighted by atomic mass is 16.1. The van der Waals surface area contributed by atoms with Crippen LogP contribution < -0.4 is 10.9 Å². The lowest BCUT2D eigenvalue weighted by Crippen LogP contribution is -2.18. The summed E-state index contributed by atoms with van der Waals surface area (Å²) in [4.78, 5) is 11.7. The third kappa shape index (κ3) is 3.44. The molecule has 0 aliphatic carbocycles. The Morgan fingerprint density at radius 2 is 1.73 bits per heavy atom. The van der Waals surface area contributed by atoms with Crippen molar-refractivity contribution in [2.45, 2.75) is 13.5 Å². The fraction of sp³-hybridized carbons (Fsp3) is 0.105. The summed E-state index contributed by atoms with van der Waals surface area (Å²) < 4.78 is 1.70. The minimum atomic E-state index is 0.0180. The van der Waals surface area contributed by atoms with Gasteiger partial charge in [0.15, 0.2) is 0 Å². The number of hydrogen-bond acceptors (Lipinski definition) is 2. The van der Waals surface area contributed by atoms with Crippen molar-refractivity contribution in [3.05, 3.63) is 94.4 Å². The van der Waals surface area contributed by atoms with Crippen LogP contribution >= 0.6 is 0 Å². The van der Waals surface area contributed by atoms with E-state index in [9.17, 15) is 4.79 Å². The van der Waals surface area contributed by atoms with Gasteiger partial charge in [0.2, 0.25) is 0 Å². The fourth-order valence-corrected chi connectivity index (χ4v) is 2.37. The summed E-state index contributed by atoms with van der Waals surface area (Å²) >= 11 is 0. The molecule has 0 spiro atoms. The highest BCUT2D eigenvalue weighted by Gasteiger charge is 1.99. The Morgan fingerprint density at radius 1 is 0.909 bits per heavy atom. The van der Waals surface area contributed by atoms with E-state index in [1.807, 2.05) is 42.5 Å². The van der Waals surface area contributed by atoms with E-state index < -0.39 is 0 Å². The van der Waals surface area contributed by atoms with Gasteiger partial charge in [0.25, 0.3) is 5.56 Å². The third-order valence-electron chi connectivity index (χ3n) is 3.51. The molecular weight excluding hydrogens is 272 g/mol. The SMILES string of the molecule is Cc1cccc(Nc2ccc(Cn3ccccc3=O)cc2)c1. The average Bonchev–Trinajstić information content (AvgIpc) is 2.52. The van der Waals surface area contributed by atoms with Crippen LogP contribution in [-0.2, 0) is 6.54 Å². The van der Waals surface area contributed by atoms with E-state index in [1.165, 1.54) is 5.56 Å². The molecule has 3 aromatic rings. The van der Waals surface area contributed by atoms with Crippen molar-refractivity contribution in [1.82, 2.24) is 4.57 Å². The Balaban J connectivity index is 1.73. The van der Waals surface area contributed by atoms with Crippen LogP contribution in [0.5, 0.6) is 0 Å². The summed E-state index contributed by atoms with van der Waals surface area (Å²) in [5, 5.41) is 3.38. The Morgan fingerprint density at radius 3 is 2.45 bits per heavy atom. The van der Waals surface area contributed by atoms with Gasteiger partial charge in [-0.3, -0.25) is 4.79 Å².